The minimum atomic E-state index is 0.00529. The lowest BCUT2D eigenvalue weighted by Crippen LogP contribution is -2.19. The summed E-state index contributed by atoms with van der Waals surface area (Å²) in [5.74, 6) is 0.00529. The number of aromatic hydroxyl groups is 1. The van der Waals surface area contributed by atoms with Gasteiger partial charge in [0.15, 0.2) is 5.69 Å². The van der Waals surface area contributed by atoms with Gasteiger partial charge in [0.1, 0.15) is 0 Å². The van der Waals surface area contributed by atoms with E-state index < -0.39 is 0 Å². The molecule has 2 aromatic rings. The Hall–Kier alpha value is -1.95. The van der Waals surface area contributed by atoms with Gasteiger partial charge in [0.05, 0.1) is 5.52 Å². The van der Waals surface area contributed by atoms with Crippen LogP contribution in [-0.2, 0) is 0 Å². The van der Waals surface area contributed by atoms with Crippen LogP contribution in [0.2, 0.25) is 0 Å². The first kappa shape index (κ1) is 14.5. The fourth-order valence-corrected chi connectivity index (χ4v) is 2.02. The van der Waals surface area contributed by atoms with E-state index in [2.05, 4.69) is 27.5 Å². The maximum atomic E-state index is 9.88. The van der Waals surface area contributed by atoms with Crippen LogP contribution in [0.5, 0.6) is 5.88 Å². The average Bonchev–Trinajstić information content (AvgIpc) is 2.72. The number of aromatic amines is 1. The highest BCUT2D eigenvalue weighted by molar-refractivity contribution is 7.80. The molecule has 1 heterocycles. The van der Waals surface area contributed by atoms with Crippen LogP contribution in [-0.4, -0.2) is 21.7 Å². The molecule has 0 radical (unpaired) electrons. The highest BCUT2D eigenvalue weighted by Gasteiger charge is 2.10. The normalized spacial score (nSPS) is 11.3. The van der Waals surface area contributed by atoms with Crippen molar-refractivity contribution in [2.45, 2.75) is 26.7 Å². The minimum absolute atomic E-state index is 0.00529. The second kappa shape index (κ2) is 6.47. The van der Waals surface area contributed by atoms with Crippen molar-refractivity contribution in [2.75, 3.05) is 6.54 Å². The molecule has 0 saturated carbocycles. The molecular weight excluding hydrogens is 272 g/mol. The molecule has 0 spiro atoms. The average molecular weight is 290 g/mol. The number of aryl methyl sites for hydroxylation is 1. The zero-order chi connectivity index (χ0) is 14.5. The van der Waals surface area contributed by atoms with E-state index in [0.29, 0.717) is 10.8 Å². The Morgan fingerprint density at radius 1 is 1.45 bits per heavy atom. The van der Waals surface area contributed by atoms with Crippen molar-refractivity contribution in [3.63, 3.8) is 0 Å². The molecular formula is C14H18N4OS. The third-order valence-electron chi connectivity index (χ3n) is 2.95. The van der Waals surface area contributed by atoms with E-state index >= 15 is 0 Å². The minimum Gasteiger partial charge on any atom is -0.493 e. The Morgan fingerprint density at radius 3 is 3.00 bits per heavy atom. The van der Waals surface area contributed by atoms with Gasteiger partial charge in [-0.3, -0.25) is 0 Å². The number of nitrogens with zero attached hydrogens (tertiary/aromatic N) is 2. The van der Waals surface area contributed by atoms with Gasteiger partial charge in [0.2, 0.25) is 11.0 Å². The molecule has 6 heteroatoms. The third kappa shape index (κ3) is 3.33. The predicted octanol–water partition coefficient (Wildman–Crippen LogP) is 3.94. The van der Waals surface area contributed by atoms with Crippen LogP contribution >= 0.6 is 12.2 Å². The number of rotatable bonds is 4. The standard InChI is InChI=1S/C14H18N4OS/c1-3-4-7-15-14(20)18-17-12-10-8-9(2)5-6-11(10)16-13(12)19/h5-6,8,16,19H,3-4,7H2,1-2H3,(H,15,20). The molecule has 0 atom stereocenters. The Balaban J connectivity index is 2.18. The molecule has 0 unspecified atom stereocenters. The van der Waals surface area contributed by atoms with Gasteiger partial charge in [0.25, 0.3) is 0 Å². The first-order chi connectivity index (χ1) is 9.61. The summed E-state index contributed by atoms with van der Waals surface area (Å²) in [5, 5.41) is 22.1. The molecule has 0 aliphatic carbocycles. The summed E-state index contributed by atoms with van der Waals surface area (Å²) in [6.07, 6.45) is 2.13. The molecule has 20 heavy (non-hydrogen) atoms. The first-order valence-electron chi connectivity index (χ1n) is 6.62. The molecule has 5 nitrogen and oxygen atoms in total. The molecule has 3 N–H and O–H groups in total. The highest BCUT2D eigenvalue weighted by Crippen LogP contribution is 2.35. The Morgan fingerprint density at radius 2 is 2.25 bits per heavy atom. The summed E-state index contributed by atoms with van der Waals surface area (Å²) < 4.78 is 0. The number of thiocarbonyl (C=S) groups is 1. The summed E-state index contributed by atoms with van der Waals surface area (Å²) in [4.78, 5) is 2.87. The van der Waals surface area contributed by atoms with Gasteiger partial charge < -0.3 is 15.4 Å². The summed E-state index contributed by atoms with van der Waals surface area (Å²) in [5.41, 5.74) is 2.34. The lowest BCUT2D eigenvalue weighted by atomic mass is 10.2. The molecule has 0 amide bonds. The van der Waals surface area contributed by atoms with Crippen LogP contribution in [0.15, 0.2) is 28.4 Å². The lowest BCUT2D eigenvalue weighted by molar-refractivity contribution is 0.459. The number of azo groups is 1. The highest BCUT2D eigenvalue weighted by atomic mass is 32.1. The monoisotopic (exact) mass is 290 g/mol. The van der Waals surface area contributed by atoms with Gasteiger partial charge in [-0.15, -0.1) is 10.2 Å². The SMILES string of the molecule is CCCCNC(=S)N=Nc1c(O)[nH]c2ccc(C)cc12. The number of hydrogen-bond donors (Lipinski definition) is 3. The van der Waals surface area contributed by atoms with E-state index in [1.165, 1.54) is 0 Å². The molecule has 0 aliphatic heterocycles. The fraction of sp³-hybridized carbons (Fsp3) is 0.357. The summed E-state index contributed by atoms with van der Waals surface area (Å²) in [7, 11) is 0. The Bertz CT molecular complexity index is 648. The summed E-state index contributed by atoms with van der Waals surface area (Å²) in [6.45, 7) is 4.88. The number of benzene rings is 1. The molecule has 1 aromatic heterocycles. The van der Waals surface area contributed by atoms with Crippen molar-refractivity contribution in [2.24, 2.45) is 10.2 Å². The van der Waals surface area contributed by atoms with E-state index in [0.717, 1.165) is 35.9 Å². The molecule has 1 aromatic carbocycles. The number of unbranched alkanes of at least 4 members (excludes halogenated alkanes) is 1. The molecule has 0 fully saturated rings. The lowest BCUT2D eigenvalue weighted by Gasteiger charge is -2.00. The summed E-state index contributed by atoms with van der Waals surface area (Å²) >= 11 is 5.07. The third-order valence-corrected chi connectivity index (χ3v) is 3.18. The van der Waals surface area contributed by atoms with Crippen molar-refractivity contribution in [1.82, 2.24) is 10.3 Å². The van der Waals surface area contributed by atoms with Gasteiger partial charge in [0, 0.05) is 11.9 Å². The Kier molecular flexibility index (Phi) is 4.68. The summed E-state index contributed by atoms with van der Waals surface area (Å²) in [6, 6.07) is 5.82. The molecule has 0 aliphatic rings. The topological polar surface area (TPSA) is 72.8 Å². The van der Waals surface area contributed by atoms with E-state index in [1.807, 2.05) is 25.1 Å². The van der Waals surface area contributed by atoms with Gasteiger partial charge in [-0.25, -0.2) is 0 Å². The van der Waals surface area contributed by atoms with E-state index in [-0.39, 0.29) is 5.88 Å². The first-order valence-corrected chi connectivity index (χ1v) is 7.03. The van der Waals surface area contributed by atoms with E-state index in [1.54, 1.807) is 0 Å². The van der Waals surface area contributed by atoms with Crippen LogP contribution < -0.4 is 5.32 Å². The van der Waals surface area contributed by atoms with Crippen molar-refractivity contribution >= 4 is 33.9 Å². The fourth-order valence-electron chi connectivity index (χ4n) is 1.88. The van der Waals surface area contributed by atoms with Gasteiger partial charge in [-0.05, 0) is 37.7 Å². The van der Waals surface area contributed by atoms with Gasteiger partial charge in [-0.1, -0.05) is 25.0 Å². The largest absolute Gasteiger partial charge is 0.493 e. The zero-order valence-electron chi connectivity index (χ0n) is 11.6. The van der Waals surface area contributed by atoms with Crippen LogP contribution in [0.4, 0.5) is 5.69 Å². The number of hydrogen-bond acceptors (Lipinski definition) is 3. The number of H-pyrrole nitrogens is 1. The smallest absolute Gasteiger partial charge is 0.218 e. The maximum absolute atomic E-state index is 9.88. The maximum Gasteiger partial charge on any atom is 0.218 e. The Labute approximate surface area is 123 Å². The van der Waals surface area contributed by atoms with Crippen LogP contribution in [0.1, 0.15) is 25.3 Å². The molecule has 0 bridgehead atoms. The number of fused-ring (bicyclic) bond motifs is 1. The van der Waals surface area contributed by atoms with Crippen LogP contribution in [0, 0.1) is 6.92 Å². The second-order valence-corrected chi connectivity index (χ2v) is 5.04. The van der Waals surface area contributed by atoms with Gasteiger partial charge >= 0.3 is 0 Å². The quantitative estimate of drug-likeness (QED) is 0.453. The molecule has 106 valence electrons. The number of nitrogens with one attached hydrogen (secondary N) is 2. The van der Waals surface area contributed by atoms with Crippen molar-refractivity contribution in [3.8, 4) is 5.88 Å². The van der Waals surface area contributed by atoms with Crippen LogP contribution in [0.3, 0.4) is 0 Å². The van der Waals surface area contributed by atoms with E-state index in [9.17, 15) is 5.11 Å². The van der Waals surface area contributed by atoms with Crippen LogP contribution in [0.25, 0.3) is 10.9 Å². The predicted molar refractivity (Wildman–Crippen MR) is 84.7 cm³/mol. The number of aromatic nitrogens is 1. The molecule has 2 rings (SSSR count). The second-order valence-electron chi connectivity index (χ2n) is 4.66. The van der Waals surface area contributed by atoms with Crippen molar-refractivity contribution < 1.29 is 5.11 Å². The van der Waals surface area contributed by atoms with E-state index in [4.69, 9.17) is 12.2 Å². The molecule has 0 saturated heterocycles. The zero-order valence-corrected chi connectivity index (χ0v) is 12.4. The van der Waals surface area contributed by atoms with Crippen molar-refractivity contribution in [1.29, 1.82) is 0 Å². The van der Waals surface area contributed by atoms with Gasteiger partial charge in [-0.2, -0.15) is 0 Å². The van der Waals surface area contributed by atoms with Crippen molar-refractivity contribution in [3.05, 3.63) is 23.8 Å².